The van der Waals surface area contributed by atoms with E-state index in [1.165, 1.54) is 16.4 Å². The molecule has 0 aliphatic heterocycles. The first-order chi connectivity index (χ1) is 15.5. The number of amides is 1. The normalized spacial score (nSPS) is 10.8. The van der Waals surface area contributed by atoms with Crippen molar-refractivity contribution in [1.29, 1.82) is 0 Å². The Morgan fingerprint density at radius 3 is 2.56 bits per heavy atom. The van der Waals surface area contributed by atoms with Crippen molar-refractivity contribution in [3.05, 3.63) is 54.1 Å². The van der Waals surface area contributed by atoms with Gasteiger partial charge in [0.1, 0.15) is 28.7 Å². The zero-order valence-electron chi connectivity index (χ0n) is 17.8. The van der Waals surface area contributed by atoms with Gasteiger partial charge in [-0.1, -0.05) is 22.9 Å². The van der Waals surface area contributed by atoms with Crippen molar-refractivity contribution in [3.8, 4) is 28.6 Å². The van der Waals surface area contributed by atoms with Crippen LogP contribution in [0, 0.1) is 6.92 Å². The minimum absolute atomic E-state index is 0.0489. The van der Waals surface area contributed by atoms with Gasteiger partial charge in [-0.2, -0.15) is 10.1 Å². The molecule has 0 atom stereocenters. The molecule has 0 aliphatic rings. The van der Waals surface area contributed by atoms with Crippen LogP contribution in [0.2, 0.25) is 0 Å². The highest BCUT2D eigenvalue weighted by molar-refractivity contribution is 7.98. The summed E-state index contributed by atoms with van der Waals surface area (Å²) in [4.78, 5) is 17.0. The molecular weight excluding hydrogens is 428 g/mol. The number of methoxy groups -OCH3 is 1. The minimum atomic E-state index is -0.244. The Morgan fingerprint density at radius 1 is 1.19 bits per heavy atom. The molecule has 4 aromatic rings. The third kappa shape index (κ3) is 4.45. The van der Waals surface area contributed by atoms with E-state index in [0.29, 0.717) is 22.1 Å². The lowest BCUT2D eigenvalue weighted by atomic mass is 10.2. The summed E-state index contributed by atoms with van der Waals surface area (Å²) in [7, 11) is 1.60. The van der Waals surface area contributed by atoms with Crippen molar-refractivity contribution in [2.24, 2.45) is 0 Å². The van der Waals surface area contributed by atoms with Crippen molar-refractivity contribution in [2.45, 2.75) is 18.5 Å². The SMILES string of the molecule is COc1ccc(-c2noc(-c3c(SC)nn(CC(=O)Nc4ccc(C)cc4)c3N)n2)cc1. The second-order valence-electron chi connectivity index (χ2n) is 6.99. The summed E-state index contributed by atoms with van der Waals surface area (Å²) >= 11 is 1.38. The molecule has 0 fully saturated rings. The number of hydrogen-bond acceptors (Lipinski definition) is 8. The van der Waals surface area contributed by atoms with E-state index < -0.39 is 0 Å². The molecule has 0 unspecified atom stereocenters. The number of benzene rings is 2. The van der Waals surface area contributed by atoms with Gasteiger partial charge in [0.05, 0.1) is 7.11 Å². The second-order valence-corrected chi connectivity index (χ2v) is 7.79. The number of anilines is 2. The number of nitrogens with two attached hydrogens (primary N) is 1. The van der Waals surface area contributed by atoms with E-state index in [-0.39, 0.29) is 24.2 Å². The van der Waals surface area contributed by atoms with Crippen molar-refractivity contribution in [3.63, 3.8) is 0 Å². The smallest absolute Gasteiger partial charge is 0.264 e. The van der Waals surface area contributed by atoms with Crippen LogP contribution < -0.4 is 15.8 Å². The topological polar surface area (TPSA) is 121 Å². The molecule has 3 N–H and O–H groups in total. The number of carbonyl (C=O) groups is 1. The van der Waals surface area contributed by atoms with Gasteiger partial charge in [0.25, 0.3) is 5.89 Å². The van der Waals surface area contributed by atoms with E-state index in [0.717, 1.165) is 16.9 Å². The Balaban J connectivity index is 1.56. The van der Waals surface area contributed by atoms with Crippen molar-refractivity contribution in [2.75, 3.05) is 24.4 Å². The van der Waals surface area contributed by atoms with Crippen LogP contribution in [0.1, 0.15) is 5.56 Å². The van der Waals surface area contributed by atoms with Crippen LogP contribution in [0.25, 0.3) is 22.8 Å². The quantitative estimate of drug-likeness (QED) is 0.407. The fourth-order valence-electron chi connectivity index (χ4n) is 3.07. The molecular formula is C22H22N6O3S. The Hall–Kier alpha value is -3.79. The lowest BCUT2D eigenvalue weighted by molar-refractivity contribution is -0.116. The predicted octanol–water partition coefficient (Wildman–Crippen LogP) is 3.86. The van der Waals surface area contributed by atoms with Crippen LogP contribution in [0.15, 0.2) is 58.1 Å². The Labute approximate surface area is 189 Å². The number of thioether (sulfide) groups is 1. The average Bonchev–Trinajstić information content (AvgIpc) is 3.40. The number of nitrogens with zero attached hydrogens (tertiary/aromatic N) is 4. The van der Waals surface area contributed by atoms with Crippen LogP contribution >= 0.6 is 11.8 Å². The summed E-state index contributed by atoms with van der Waals surface area (Å²) in [6, 6.07) is 14.9. The third-order valence-electron chi connectivity index (χ3n) is 4.77. The van der Waals surface area contributed by atoms with Gasteiger partial charge >= 0.3 is 0 Å². The molecule has 164 valence electrons. The summed E-state index contributed by atoms with van der Waals surface area (Å²) in [6.07, 6.45) is 1.86. The van der Waals surface area contributed by atoms with Crippen LogP contribution in [-0.4, -0.2) is 39.2 Å². The van der Waals surface area contributed by atoms with E-state index in [4.69, 9.17) is 15.0 Å². The minimum Gasteiger partial charge on any atom is -0.497 e. The number of ether oxygens (including phenoxy) is 1. The lowest BCUT2D eigenvalue weighted by Crippen LogP contribution is -2.20. The molecule has 0 spiro atoms. The summed E-state index contributed by atoms with van der Waals surface area (Å²) in [6.45, 7) is 1.94. The van der Waals surface area contributed by atoms with Crippen LogP contribution in [0.5, 0.6) is 5.75 Å². The van der Waals surface area contributed by atoms with Gasteiger partial charge in [-0.15, -0.1) is 11.8 Å². The molecule has 1 amide bonds. The molecule has 2 aromatic heterocycles. The van der Waals surface area contributed by atoms with E-state index in [2.05, 4.69) is 20.6 Å². The summed E-state index contributed by atoms with van der Waals surface area (Å²) in [5, 5.41) is 12.0. The fourth-order valence-corrected chi connectivity index (χ4v) is 3.65. The molecule has 4 rings (SSSR count). The molecule has 2 aromatic carbocycles. The number of hydrogen-bond donors (Lipinski definition) is 2. The number of rotatable bonds is 7. The molecule has 32 heavy (non-hydrogen) atoms. The summed E-state index contributed by atoms with van der Waals surface area (Å²) < 4.78 is 12.1. The molecule has 9 nitrogen and oxygen atoms in total. The molecule has 10 heteroatoms. The molecule has 2 heterocycles. The molecule has 0 radical (unpaired) electrons. The van der Waals surface area contributed by atoms with Crippen LogP contribution in [-0.2, 0) is 11.3 Å². The Bertz CT molecular complexity index is 1230. The monoisotopic (exact) mass is 450 g/mol. The van der Waals surface area contributed by atoms with Gasteiger partial charge in [-0.3, -0.25) is 4.79 Å². The first-order valence-corrected chi connectivity index (χ1v) is 11.0. The van der Waals surface area contributed by atoms with E-state index in [1.807, 2.05) is 61.7 Å². The van der Waals surface area contributed by atoms with E-state index in [9.17, 15) is 4.79 Å². The van der Waals surface area contributed by atoms with Gasteiger partial charge in [-0.25, -0.2) is 4.68 Å². The zero-order valence-corrected chi connectivity index (χ0v) is 18.6. The second kappa shape index (κ2) is 9.15. The number of nitrogens with one attached hydrogen (secondary N) is 1. The largest absolute Gasteiger partial charge is 0.497 e. The number of aromatic nitrogens is 4. The standard InChI is InChI=1S/C22H22N6O3S/c1-13-4-8-15(9-5-13)24-17(29)12-28-19(23)18(22(26-28)32-3)21-25-20(27-31-21)14-6-10-16(30-2)11-7-14/h4-11H,12,23H2,1-3H3,(H,24,29). The highest BCUT2D eigenvalue weighted by Crippen LogP contribution is 2.35. The van der Waals surface area contributed by atoms with Gasteiger partial charge in [0.15, 0.2) is 0 Å². The Morgan fingerprint density at radius 2 is 1.91 bits per heavy atom. The average molecular weight is 451 g/mol. The predicted molar refractivity (Wildman–Crippen MR) is 124 cm³/mol. The molecule has 0 saturated carbocycles. The lowest BCUT2D eigenvalue weighted by Gasteiger charge is -2.07. The van der Waals surface area contributed by atoms with E-state index >= 15 is 0 Å². The first kappa shape index (κ1) is 21.4. The number of nitrogen functional groups attached to an aromatic ring is 1. The maximum absolute atomic E-state index is 12.5. The Kier molecular flexibility index (Phi) is 6.13. The van der Waals surface area contributed by atoms with Gasteiger partial charge in [0, 0.05) is 11.3 Å². The summed E-state index contributed by atoms with van der Waals surface area (Å²) in [5.41, 5.74) is 9.42. The molecule has 0 bridgehead atoms. The number of aryl methyl sites for hydroxylation is 1. The van der Waals surface area contributed by atoms with Crippen LogP contribution in [0.4, 0.5) is 11.5 Å². The van der Waals surface area contributed by atoms with Crippen molar-refractivity contribution >= 4 is 29.2 Å². The van der Waals surface area contributed by atoms with Gasteiger partial charge < -0.3 is 20.3 Å². The highest BCUT2D eigenvalue weighted by atomic mass is 32.2. The third-order valence-corrected chi connectivity index (χ3v) is 5.44. The maximum Gasteiger partial charge on any atom is 0.264 e. The first-order valence-electron chi connectivity index (χ1n) is 9.73. The summed E-state index contributed by atoms with van der Waals surface area (Å²) in [5.74, 6) is 1.42. The molecule has 0 aliphatic carbocycles. The fraction of sp³-hybridized carbons (Fsp3) is 0.182. The van der Waals surface area contributed by atoms with E-state index in [1.54, 1.807) is 7.11 Å². The van der Waals surface area contributed by atoms with Gasteiger partial charge in [-0.05, 0) is 49.6 Å². The highest BCUT2D eigenvalue weighted by Gasteiger charge is 2.23. The molecule has 0 saturated heterocycles. The number of carbonyl (C=O) groups excluding carboxylic acids is 1. The van der Waals surface area contributed by atoms with Gasteiger partial charge in [0.2, 0.25) is 11.7 Å². The van der Waals surface area contributed by atoms with Crippen molar-refractivity contribution in [1.82, 2.24) is 19.9 Å². The maximum atomic E-state index is 12.5. The zero-order chi connectivity index (χ0) is 22.7. The van der Waals surface area contributed by atoms with Crippen LogP contribution in [0.3, 0.4) is 0 Å². The van der Waals surface area contributed by atoms with Crippen molar-refractivity contribution < 1.29 is 14.1 Å².